The molecule has 5 nitrogen and oxygen atoms in total. The Morgan fingerprint density at radius 1 is 1.07 bits per heavy atom. The van der Waals surface area contributed by atoms with Gasteiger partial charge in [0.15, 0.2) is 0 Å². The molecule has 0 radical (unpaired) electrons. The van der Waals surface area contributed by atoms with E-state index in [0.29, 0.717) is 26.0 Å². The average Bonchev–Trinajstić information content (AvgIpc) is 2.72. The molecule has 0 aliphatic carbocycles. The van der Waals surface area contributed by atoms with Crippen LogP contribution in [0.3, 0.4) is 0 Å². The quantitative estimate of drug-likeness (QED) is 0.762. The van der Waals surface area contributed by atoms with Crippen molar-refractivity contribution in [2.45, 2.75) is 31.6 Å². The minimum absolute atomic E-state index is 0. The van der Waals surface area contributed by atoms with Crippen LogP contribution in [0, 0.1) is 0 Å². The first-order valence-electron chi connectivity index (χ1n) is 9.02. The molecule has 1 saturated heterocycles. The fourth-order valence-corrected chi connectivity index (χ4v) is 3.22. The smallest absolute Gasteiger partial charge is 0.252 e. The SMILES string of the molecule is COC1(C(=O)NCc2ccccc2OCc2ccccc2)CCNCC1.Cl. The summed E-state index contributed by atoms with van der Waals surface area (Å²) < 4.78 is 11.5. The molecule has 1 aliphatic heterocycles. The van der Waals surface area contributed by atoms with Crippen LogP contribution in [0.1, 0.15) is 24.0 Å². The summed E-state index contributed by atoms with van der Waals surface area (Å²) in [5.74, 6) is 0.729. The fraction of sp³-hybridized carbons (Fsp3) is 0.381. The maximum atomic E-state index is 12.7. The standard InChI is InChI=1S/C21H26N2O3.ClH/c1-25-21(11-13-22-14-12-21)20(24)23-15-18-9-5-6-10-19(18)26-16-17-7-3-2-4-8-17;/h2-10,22H,11-16H2,1H3,(H,23,24);1H. The van der Waals surface area contributed by atoms with Crippen molar-refractivity contribution in [3.63, 3.8) is 0 Å². The molecular weight excluding hydrogens is 364 g/mol. The molecule has 1 heterocycles. The second-order valence-corrected chi connectivity index (χ2v) is 6.51. The third kappa shape index (κ3) is 5.45. The minimum Gasteiger partial charge on any atom is -0.489 e. The summed E-state index contributed by atoms with van der Waals surface area (Å²) in [7, 11) is 1.61. The van der Waals surface area contributed by atoms with Gasteiger partial charge in [0.2, 0.25) is 0 Å². The molecule has 1 amide bonds. The number of halogens is 1. The van der Waals surface area contributed by atoms with Crippen LogP contribution in [0.2, 0.25) is 0 Å². The molecule has 1 fully saturated rings. The van der Waals surface area contributed by atoms with E-state index in [1.807, 2.05) is 54.6 Å². The zero-order valence-corrected chi connectivity index (χ0v) is 16.4. The van der Waals surface area contributed by atoms with Crippen LogP contribution in [0.15, 0.2) is 54.6 Å². The summed E-state index contributed by atoms with van der Waals surface area (Å²) in [5, 5.41) is 6.29. The van der Waals surface area contributed by atoms with Gasteiger partial charge in [-0.05, 0) is 37.6 Å². The minimum atomic E-state index is -0.731. The van der Waals surface area contributed by atoms with Crippen molar-refractivity contribution in [3.8, 4) is 5.75 Å². The largest absolute Gasteiger partial charge is 0.489 e. The molecule has 1 aliphatic rings. The molecule has 0 aromatic heterocycles. The van der Waals surface area contributed by atoms with Gasteiger partial charge < -0.3 is 20.1 Å². The van der Waals surface area contributed by atoms with E-state index < -0.39 is 5.60 Å². The van der Waals surface area contributed by atoms with Crippen LogP contribution in [0.4, 0.5) is 0 Å². The first kappa shape index (κ1) is 21.2. The predicted molar refractivity (Wildman–Crippen MR) is 108 cm³/mol. The number of carbonyl (C=O) groups is 1. The number of nitrogens with one attached hydrogen (secondary N) is 2. The van der Waals surface area contributed by atoms with Crippen molar-refractivity contribution < 1.29 is 14.3 Å². The monoisotopic (exact) mass is 390 g/mol. The molecule has 0 unspecified atom stereocenters. The second kappa shape index (κ2) is 10.3. The van der Waals surface area contributed by atoms with Gasteiger partial charge in [0.25, 0.3) is 5.91 Å². The van der Waals surface area contributed by atoms with E-state index in [1.54, 1.807) is 7.11 Å². The normalized spacial score (nSPS) is 15.4. The van der Waals surface area contributed by atoms with Crippen molar-refractivity contribution in [2.75, 3.05) is 20.2 Å². The van der Waals surface area contributed by atoms with Crippen molar-refractivity contribution in [1.82, 2.24) is 10.6 Å². The summed E-state index contributed by atoms with van der Waals surface area (Å²) in [6.07, 6.45) is 1.36. The predicted octanol–water partition coefficient (Wildman–Crippen LogP) is 3.07. The van der Waals surface area contributed by atoms with Crippen LogP contribution in [-0.4, -0.2) is 31.7 Å². The van der Waals surface area contributed by atoms with E-state index in [2.05, 4.69) is 10.6 Å². The van der Waals surface area contributed by atoms with E-state index in [9.17, 15) is 4.79 Å². The molecule has 2 N–H and O–H groups in total. The van der Waals surface area contributed by atoms with Gasteiger partial charge in [0, 0.05) is 19.2 Å². The van der Waals surface area contributed by atoms with E-state index in [0.717, 1.165) is 30.0 Å². The van der Waals surface area contributed by atoms with E-state index in [4.69, 9.17) is 9.47 Å². The van der Waals surface area contributed by atoms with Gasteiger partial charge in [-0.3, -0.25) is 4.79 Å². The number of para-hydroxylation sites is 1. The third-order valence-electron chi connectivity index (χ3n) is 4.86. The highest BCUT2D eigenvalue weighted by Gasteiger charge is 2.39. The molecule has 0 saturated carbocycles. The summed E-state index contributed by atoms with van der Waals surface area (Å²) in [6.45, 7) is 2.50. The van der Waals surface area contributed by atoms with E-state index >= 15 is 0 Å². The van der Waals surface area contributed by atoms with Crippen LogP contribution in [0.5, 0.6) is 5.75 Å². The molecule has 0 atom stereocenters. The molecule has 146 valence electrons. The molecule has 27 heavy (non-hydrogen) atoms. The number of hydrogen-bond donors (Lipinski definition) is 2. The highest BCUT2D eigenvalue weighted by molar-refractivity contribution is 5.85. The molecule has 3 rings (SSSR count). The summed E-state index contributed by atoms with van der Waals surface area (Å²) in [5.41, 5.74) is 1.34. The van der Waals surface area contributed by atoms with Crippen molar-refractivity contribution in [2.24, 2.45) is 0 Å². The van der Waals surface area contributed by atoms with Crippen molar-refractivity contribution in [3.05, 3.63) is 65.7 Å². The fourth-order valence-electron chi connectivity index (χ4n) is 3.22. The number of carbonyl (C=O) groups excluding carboxylic acids is 1. The first-order chi connectivity index (χ1) is 12.7. The summed E-state index contributed by atoms with van der Waals surface area (Å²) in [4.78, 5) is 12.7. The Kier molecular flexibility index (Phi) is 8.10. The Morgan fingerprint density at radius 2 is 1.74 bits per heavy atom. The Balaban J connectivity index is 0.00000261. The number of benzene rings is 2. The van der Waals surface area contributed by atoms with Crippen LogP contribution >= 0.6 is 12.4 Å². The van der Waals surface area contributed by atoms with E-state index in [-0.39, 0.29) is 18.3 Å². The molecule has 6 heteroatoms. The van der Waals surface area contributed by atoms with Gasteiger partial charge in [-0.15, -0.1) is 12.4 Å². The van der Waals surface area contributed by atoms with Crippen LogP contribution in [0.25, 0.3) is 0 Å². The van der Waals surface area contributed by atoms with Gasteiger partial charge in [0.05, 0.1) is 0 Å². The number of amides is 1. The Bertz CT molecular complexity index is 718. The molecule has 0 bridgehead atoms. The third-order valence-corrected chi connectivity index (χ3v) is 4.86. The average molecular weight is 391 g/mol. The van der Waals surface area contributed by atoms with Gasteiger partial charge in [-0.1, -0.05) is 48.5 Å². The topological polar surface area (TPSA) is 59.6 Å². The maximum Gasteiger partial charge on any atom is 0.252 e. The molecule has 2 aromatic carbocycles. The van der Waals surface area contributed by atoms with Crippen LogP contribution < -0.4 is 15.4 Å². The van der Waals surface area contributed by atoms with Gasteiger partial charge in [-0.2, -0.15) is 0 Å². The Hall–Kier alpha value is -2.08. The molecular formula is C21H27ClN2O3. The summed E-state index contributed by atoms with van der Waals surface area (Å²) in [6, 6.07) is 17.8. The number of methoxy groups -OCH3 is 1. The highest BCUT2D eigenvalue weighted by Crippen LogP contribution is 2.24. The number of rotatable bonds is 7. The first-order valence-corrected chi connectivity index (χ1v) is 9.02. The molecule has 2 aromatic rings. The Labute approximate surface area is 166 Å². The molecule has 0 spiro atoms. The number of ether oxygens (including phenoxy) is 2. The zero-order chi connectivity index (χ0) is 18.2. The van der Waals surface area contributed by atoms with Gasteiger partial charge >= 0.3 is 0 Å². The van der Waals surface area contributed by atoms with Gasteiger partial charge in [0.1, 0.15) is 18.0 Å². The lowest BCUT2D eigenvalue weighted by atomic mass is 9.91. The van der Waals surface area contributed by atoms with Crippen LogP contribution in [-0.2, 0) is 22.7 Å². The van der Waals surface area contributed by atoms with Crippen molar-refractivity contribution in [1.29, 1.82) is 0 Å². The highest BCUT2D eigenvalue weighted by atomic mass is 35.5. The summed E-state index contributed by atoms with van der Waals surface area (Å²) >= 11 is 0. The lowest BCUT2D eigenvalue weighted by molar-refractivity contribution is -0.146. The second-order valence-electron chi connectivity index (χ2n) is 6.51. The lowest BCUT2D eigenvalue weighted by Gasteiger charge is -2.34. The van der Waals surface area contributed by atoms with Gasteiger partial charge in [-0.25, -0.2) is 0 Å². The Morgan fingerprint density at radius 3 is 2.44 bits per heavy atom. The zero-order valence-electron chi connectivity index (χ0n) is 15.6. The lowest BCUT2D eigenvalue weighted by Crippen LogP contribution is -2.53. The van der Waals surface area contributed by atoms with Crippen molar-refractivity contribution >= 4 is 18.3 Å². The number of hydrogen-bond acceptors (Lipinski definition) is 4. The number of piperidine rings is 1. The van der Waals surface area contributed by atoms with E-state index in [1.165, 1.54) is 0 Å². The maximum absolute atomic E-state index is 12.7.